The van der Waals surface area contributed by atoms with Crippen LogP contribution in [-0.4, -0.2) is 53.5 Å². The number of hydrogen-bond acceptors (Lipinski definition) is 8. The predicted octanol–water partition coefficient (Wildman–Crippen LogP) is 3.20. The molecule has 2 N–H and O–H groups in total. The van der Waals surface area contributed by atoms with Crippen molar-refractivity contribution in [1.82, 2.24) is 0 Å². The SMILES string of the molecule is CCCCCCCCCCCCCCCCCC(=O)OCC(CO)OC(=O)CC(O)C(=O)[O-]. The van der Waals surface area contributed by atoms with Crippen molar-refractivity contribution in [3.8, 4) is 0 Å². The van der Waals surface area contributed by atoms with E-state index in [1.54, 1.807) is 0 Å². The molecule has 8 nitrogen and oxygen atoms in total. The summed E-state index contributed by atoms with van der Waals surface area (Å²) in [4.78, 5) is 33.7. The van der Waals surface area contributed by atoms with Crippen molar-refractivity contribution in [1.29, 1.82) is 0 Å². The highest BCUT2D eigenvalue weighted by atomic mass is 16.6. The lowest BCUT2D eigenvalue weighted by Gasteiger charge is -2.17. The Morgan fingerprint density at radius 3 is 1.64 bits per heavy atom. The van der Waals surface area contributed by atoms with Crippen LogP contribution in [0.25, 0.3) is 0 Å². The smallest absolute Gasteiger partial charge is 0.309 e. The molecule has 0 aromatic rings. The maximum atomic E-state index is 11.8. The van der Waals surface area contributed by atoms with Crippen LogP contribution in [0.4, 0.5) is 0 Å². The van der Waals surface area contributed by atoms with E-state index in [2.05, 4.69) is 6.92 Å². The van der Waals surface area contributed by atoms with Gasteiger partial charge in [-0.05, 0) is 6.42 Å². The summed E-state index contributed by atoms with van der Waals surface area (Å²) < 4.78 is 9.78. The molecule has 0 radical (unpaired) electrons. The summed E-state index contributed by atoms with van der Waals surface area (Å²) in [7, 11) is 0. The molecular weight excluding hydrogens is 428 g/mol. The van der Waals surface area contributed by atoms with Gasteiger partial charge in [0.25, 0.3) is 0 Å². The maximum absolute atomic E-state index is 11.8. The van der Waals surface area contributed by atoms with Crippen LogP contribution >= 0.6 is 0 Å². The number of rotatable bonds is 23. The van der Waals surface area contributed by atoms with E-state index in [0.29, 0.717) is 0 Å². The monoisotopic (exact) mass is 473 g/mol. The van der Waals surface area contributed by atoms with Crippen molar-refractivity contribution in [3.63, 3.8) is 0 Å². The Labute approximate surface area is 199 Å². The van der Waals surface area contributed by atoms with Gasteiger partial charge in [-0.1, -0.05) is 96.8 Å². The molecule has 0 heterocycles. The number of unbranched alkanes of at least 4 members (excludes halogenated alkanes) is 14. The molecule has 0 aliphatic rings. The first-order chi connectivity index (χ1) is 15.9. The second-order valence-electron chi connectivity index (χ2n) is 8.72. The molecule has 194 valence electrons. The van der Waals surface area contributed by atoms with Gasteiger partial charge in [0.2, 0.25) is 0 Å². The number of carbonyl (C=O) groups excluding carboxylic acids is 3. The molecule has 2 atom stereocenters. The molecule has 0 aromatic carbocycles. The van der Waals surface area contributed by atoms with Gasteiger partial charge in [-0.3, -0.25) is 9.59 Å². The summed E-state index contributed by atoms with van der Waals surface area (Å²) >= 11 is 0. The topological polar surface area (TPSA) is 133 Å². The van der Waals surface area contributed by atoms with Gasteiger partial charge >= 0.3 is 11.9 Å². The number of aliphatic hydroxyl groups excluding tert-OH is 2. The third kappa shape index (κ3) is 20.7. The van der Waals surface area contributed by atoms with Crippen LogP contribution in [0.2, 0.25) is 0 Å². The Bertz CT molecular complexity index is 509. The minimum atomic E-state index is -1.98. The van der Waals surface area contributed by atoms with Crippen LogP contribution in [0.1, 0.15) is 116 Å². The summed E-state index contributed by atoms with van der Waals surface area (Å²) in [5, 5.41) is 28.6. The minimum absolute atomic E-state index is 0.258. The van der Waals surface area contributed by atoms with Gasteiger partial charge in [0, 0.05) is 6.42 Å². The molecule has 0 saturated carbocycles. The van der Waals surface area contributed by atoms with Gasteiger partial charge in [0.1, 0.15) is 12.7 Å². The average molecular weight is 474 g/mol. The van der Waals surface area contributed by atoms with Crippen LogP contribution in [0.5, 0.6) is 0 Å². The summed E-state index contributed by atoms with van der Waals surface area (Å²) in [6, 6.07) is 0. The number of hydrogen-bond donors (Lipinski definition) is 2. The molecule has 0 aliphatic carbocycles. The molecule has 8 heteroatoms. The van der Waals surface area contributed by atoms with Crippen molar-refractivity contribution in [2.45, 2.75) is 128 Å². The molecule has 0 fully saturated rings. The molecule has 0 saturated heterocycles. The number of carboxylic acids is 1. The van der Waals surface area contributed by atoms with Crippen LogP contribution in [-0.2, 0) is 23.9 Å². The first kappa shape index (κ1) is 31.3. The average Bonchev–Trinajstić information content (AvgIpc) is 2.78. The zero-order valence-electron chi connectivity index (χ0n) is 20.4. The van der Waals surface area contributed by atoms with Crippen molar-refractivity contribution >= 4 is 17.9 Å². The van der Waals surface area contributed by atoms with Crippen molar-refractivity contribution in [2.75, 3.05) is 13.2 Å². The lowest BCUT2D eigenvalue weighted by molar-refractivity contribution is -0.315. The minimum Gasteiger partial charge on any atom is -0.547 e. The summed E-state index contributed by atoms with van der Waals surface area (Å²) in [5.74, 6) is -3.25. The van der Waals surface area contributed by atoms with Gasteiger partial charge in [-0.15, -0.1) is 0 Å². The lowest BCUT2D eigenvalue weighted by Crippen LogP contribution is -2.38. The number of carbonyl (C=O) groups is 3. The lowest BCUT2D eigenvalue weighted by atomic mass is 10.0. The molecule has 0 aromatic heterocycles. The van der Waals surface area contributed by atoms with E-state index in [1.165, 1.54) is 77.0 Å². The predicted molar refractivity (Wildman–Crippen MR) is 123 cm³/mol. The van der Waals surface area contributed by atoms with Gasteiger partial charge in [-0.2, -0.15) is 0 Å². The van der Waals surface area contributed by atoms with Crippen molar-refractivity contribution < 1.29 is 39.2 Å². The van der Waals surface area contributed by atoms with E-state index in [4.69, 9.17) is 14.6 Å². The van der Waals surface area contributed by atoms with E-state index in [1.807, 2.05) is 0 Å². The Morgan fingerprint density at radius 1 is 0.758 bits per heavy atom. The summed E-state index contributed by atoms with van der Waals surface area (Å²) in [6.45, 7) is 1.34. The van der Waals surface area contributed by atoms with Gasteiger partial charge in [-0.25, -0.2) is 0 Å². The summed E-state index contributed by atoms with van der Waals surface area (Å²) in [5.41, 5.74) is 0. The van der Waals surface area contributed by atoms with Crippen LogP contribution in [0.3, 0.4) is 0 Å². The van der Waals surface area contributed by atoms with E-state index < -0.39 is 43.1 Å². The van der Waals surface area contributed by atoms with E-state index in [9.17, 15) is 24.6 Å². The third-order valence-corrected chi connectivity index (χ3v) is 5.55. The molecule has 0 amide bonds. The van der Waals surface area contributed by atoms with Gasteiger partial charge in [0.15, 0.2) is 6.10 Å². The Balaban J connectivity index is 3.55. The largest absolute Gasteiger partial charge is 0.547 e. The molecule has 0 spiro atoms. The maximum Gasteiger partial charge on any atom is 0.309 e. The Hall–Kier alpha value is -1.67. The Kier molecular flexibility index (Phi) is 21.0. The third-order valence-electron chi connectivity index (χ3n) is 5.55. The van der Waals surface area contributed by atoms with Crippen LogP contribution in [0, 0.1) is 0 Å². The first-order valence-electron chi connectivity index (χ1n) is 12.8. The number of ether oxygens (including phenoxy) is 2. The number of aliphatic carboxylic acids is 1. The van der Waals surface area contributed by atoms with E-state index in [0.717, 1.165) is 19.3 Å². The second kappa shape index (κ2) is 22.1. The van der Waals surface area contributed by atoms with Crippen LogP contribution < -0.4 is 5.11 Å². The van der Waals surface area contributed by atoms with Gasteiger partial charge in [0.05, 0.1) is 19.0 Å². The molecule has 0 bridgehead atoms. The van der Waals surface area contributed by atoms with Crippen LogP contribution in [0.15, 0.2) is 0 Å². The summed E-state index contributed by atoms with van der Waals surface area (Å²) in [6.07, 6.45) is 15.0. The molecule has 0 aliphatic heterocycles. The van der Waals surface area contributed by atoms with Gasteiger partial charge < -0.3 is 29.6 Å². The molecular formula is C25H45O8-. The van der Waals surface area contributed by atoms with Crippen molar-refractivity contribution in [3.05, 3.63) is 0 Å². The van der Waals surface area contributed by atoms with E-state index in [-0.39, 0.29) is 13.0 Å². The number of carboxylic acid groups (broad SMARTS) is 1. The second-order valence-corrected chi connectivity index (χ2v) is 8.72. The fourth-order valence-corrected chi connectivity index (χ4v) is 3.50. The quantitative estimate of drug-likeness (QED) is 0.171. The first-order valence-corrected chi connectivity index (χ1v) is 12.8. The normalized spacial score (nSPS) is 12.8. The fraction of sp³-hybridized carbons (Fsp3) is 0.880. The highest BCUT2D eigenvalue weighted by molar-refractivity contribution is 5.79. The van der Waals surface area contributed by atoms with Crippen molar-refractivity contribution in [2.24, 2.45) is 0 Å². The highest BCUT2D eigenvalue weighted by Gasteiger charge is 2.19. The molecule has 0 rings (SSSR count). The zero-order valence-corrected chi connectivity index (χ0v) is 20.4. The van der Waals surface area contributed by atoms with E-state index >= 15 is 0 Å². The number of esters is 2. The standard InChI is InChI=1S/C25H46O8/c1-2-3-4-5-6-7-8-9-10-11-12-13-14-15-16-17-23(28)32-20-21(19-26)33-24(29)18-22(27)25(30)31/h21-22,26-27H,2-20H2,1H3,(H,30,31)/p-1. The Morgan fingerprint density at radius 2 is 1.21 bits per heavy atom. The number of aliphatic hydroxyl groups is 2. The zero-order chi connectivity index (χ0) is 24.7. The molecule has 2 unspecified atom stereocenters. The molecule has 33 heavy (non-hydrogen) atoms. The highest BCUT2D eigenvalue weighted by Crippen LogP contribution is 2.14. The fourth-order valence-electron chi connectivity index (χ4n) is 3.50.